The smallest absolute Gasteiger partial charge is 0.163 e. The number of aromatic nitrogens is 1. The third-order valence-corrected chi connectivity index (χ3v) is 3.35. The van der Waals surface area contributed by atoms with Gasteiger partial charge in [0.2, 0.25) is 0 Å². The topological polar surface area (TPSA) is 73.8 Å². The van der Waals surface area contributed by atoms with E-state index in [2.05, 4.69) is 10.1 Å². The van der Waals surface area contributed by atoms with E-state index in [-0.39, 0.29) is 0 Å². The zero-order valence-electron chi connectivity index (χ0n) is 12.3. The van der Waals surface area contributed by atoms with Crippen molar-refractivity contribution in [1.82, 2.24) is 10.1 Å². The molecule has 0 spiro atoms. The molecular weight excluding hydrogens is 270 g/mol. The number of hydrogen-bond acceptors (Lipinski definition) is 6. The maximum atomic E-state index is 6.09. The highest BCUT2D eigenvalue weighted by atomic mass is 16.6. The summed E-state index contributed by atoms with van der Waals surface area (Å²) in [5.41, 5.74) is 8.73. The van der Waals surface area contributed by atoms with Gasteiger partial charge in [-0.15, -0.1) is 0 Å². The predicted molar refractivity (Wildman–Crippen MR) is 78.3 cm³/mol. The molecule has 0 amide bonds. The van der Waals surface area contributed by atoms with E-state index in [0.717, 1.165) is 28.5 Å². The van der Waals surface area contributed by atoms with Crippen molar-refractivity contribution >= 4 is 5.69 Å². The Hall–Kier alpha value is -2.21. The van der Waals surface area contributed by atoms with E-state index in [1.807, 2.05) is 32.2 Å². The van der Waals surface area contributed by atoms with Crippen molar-refractivity contribution in [1.29, 1.82) is 0 Å². The fraction of sp³-hybridized carbons (Fsp3) is 0.400. The van der Waals surface area contributed by atoms with Crippen LogP contribution >= 0.6 is 0 Å². The van der Waals surface area contributed by atoms with Crippen molar-refractivity contribution in [2.24, 2.45) is 0 Å². The van der Waals surface area contributed by atoms with Crippen LogP contribution in [0.2, 0.25) is 0 Å². The first-order chi connectivity index (χ1) is 10.1. The van der Waals surface area contributed by atoms with Gasteiger partial charge in [-0.05, 0) is 25.6 Å². The molecule has 1 aromatic carbocycles. The Morgan fingerprint density at radius 2 is 1.86 bits per heavy atom. The van der Waals surface area contributed by atoms with Gasteiger partial charge in [0, 0.05) is 30.9 Å². The van der Waals surface area contributed by atoms with Crippen molar-refractivity contribution in [2.75, 3.05) is 26.0 Å². The van der Waals surface area contributed by atoms with Gasteiger partial charge in [0.25, 0.3) is 0 Å². The lowest BCUT2D eigenvalue weighted by Crippen LogP contribution is -2.20. The molecule has 1 aliphatic rings. The van der Waals surface area contributed by atoms with Gasteiger partial charge in [-0.25, -0.2) is 0 Å². The molecule has 1 aromatic heterocycles. The standard InChI is InChI=1S/C15H19N3O3/c1-10-5-12(17-21-10)9-18(2)8-11-6-14-15(7-13(11)16)20-4-3-19-14/h5-7H,3-4,8-9,16H2,1-2H3. The average Bonchev–Trinajstić information content (AvgIpc) is 2.85. The molecule has 2 N–H and O–H groups in total. The highest BCUT2D eigenvalue weighted by Crippen LogP contribution is 2.34. The number of anilines is 1. The van der Waals surface area contributed by atoms with Gasteiger partial charge in [-0.2, -0.15) is 0 Å². The molecule has 1 aliphatic heterocycles. The van der Waals surface area contributed by atoms with Crippen LogP contribution in [0.3, 0.4) is 0 Å². The molecule has 6 heteroatoms. The average molecular weight is 289 g/mol. The number of nitrogens with two attached hydrogens (primary N) is 1. The Kier molecular flexibility index (Phi) is 3.70. The maximum Gasteiger partial charge on any atom is 0.163 e. The van der Waals surface area contributed by atoms with Crippen LogP contribution in [-0.4, -0.2) is 30.3 Å². The Morgan fingerprint density at radius 3 is 2.52 bits per heavy atom. The highest BCUT2D eigenvalue weighted by Gasteiger charge is 2.16. The van der Waals surface area contributed by atoms with Crippen molar-refractivity contribution in [2.45, 2.75) is 20.0 Å². The second kappa shape index (κ2) is 5.65. The zero-order chi connectivity index (χ0) is 14.8. The lowest BCUT2D eigenvalue weighted by molar-refractivity contribution is 0.171. The van der Waals surface area contributed by atoms with Crippen LogP contribution in [0.1, 0.15) is 17.0 Å². The van der Waals surface area contributed by atoms with Crippen LogP contribution < -0.4 is 15.2 Å². The third-order valence-electron chi connectivity index (χ3n) is 3.35. The van der Waals surface area contributed by atoms with Crippen LogP contribution in [0.5, 0.6) is 11.5 Å². The van der Waals surface area contributed by atoms with E-state index in [0.29, 0.717) is 32.0 Å². The number of aryl methyl sites for hydroxylation is 1. The van der Waals surface area contributed by atoms with Gasteiger partial charge < -0.3 is 19.7 Å². The fourth-order valence-electron chi connectivity index (χ4n) is 2.40. The van der Waals surface area contributed by atoms with E-state index < -0.39 is 0 Å². The molecule has 0 unspecified atom stereocenters. The maximum absolute atomic E-state index is 6.09. The summed E-state index contributed by atoms with van der Waals surface area (Å²) in [6.07, 6.45) is 0. The van der Waals surface area contributed by atoms with E-state index in [1.54, 1.807) is 0 Å². The van der Waals surface area contributed by atoms with Crippen molar-refractivity contribution in [3.63, 3.8) is 0 Å². The van der Waals surface area contributed by atoms with Gasteiger partial charge in [0.1, 0.15) is 19.0 Å². The first-order valence-corrected chi connectivity index (χ1v) is 6.90. The van der Waals surface area contributed by atoms with E-state index >= 15 is 0 Å². The van der Waals surface area contributed by atoms with Crippen LogP contribution in [-0.2, 0) is 13.1 Å². The molecule has 0 bridgehead atoms. The van der Waals surface area contributed by atoms with Crippen molar-refractivity contribution in [3.05, 3.63) is 35.2 Å². The monoisotopic (exact) mass is 289 g/mol. The SMILES string of the molecule is Cc1cc(CN(C)Cc2cc3c(cc2N)OCCO3)no1. The van der Waals surface area contributed by atoms with Gasteiger partial charge >= 0.3 is 0 Å². The molecule has 2 heterocycles. The summed E-state index contributed by atoms with van der Waals surface area (Å²) in [5, 5.41) is 4.00. The molecule has 2 aromatic rings. The Balaban J connectivity index is 1.71. The van der Waals surface area contributed by atoms with Gasteiger partial charge in [-0.1, -0.05) is 5.16 Å². The van der Waals surface area contributed by atoms with Crippen molar-refractivity contribution in [3.8, 4) is 11.5 Å². The van der Waals surface area contributed by atoms with E-state index in [4.69, 9.17) is 19.7 Å². The lowest BCUT2D eigenvalue weighted by atomic mass is 10.1. The number of nitrogens with zero attached hydrogens (tertiary/aromatic N) is 2. The molecule has 0 saturated carbocycles. The lowest BCUT2D eigenvalue weighted by Gasteiger charge is -2.22. The summed E-state index contributed by atoms with van der Waals surface area (Å²) >= 11 is 0. The normalized spacial score (nSPS) is 13.7. The minimum atomic E-state index is 0.567. The molecule has 6 nitrogen and oxygen atoms in total. The molecule has 0 saturated heterocycles. The highest BCUT2D eigenvalue weighted by molar-refractivity contribution is 5.58. The van der Waals surface area contributed by atoms with Crippen LogP contribution in [0, 0.1) is 6.92 Å². The molecular formula is C15H19N3O3. The second-order valence-corrected chi connectivity index (χ2v) is 5.30. The summed E-state index contributed by atoms with van der Waals surface area (Å²) in [7, 11) is 2.01. The van der Waals surface area contributed by atoms with E-state index in [1.165, 1.54) is 0 Å². The summed E-state index contributed by atoms with van der Waals surface area (Å²) in [4.78, 5) is 2.12. The Bertz CT molecular complexity index is 639. The number of fused-ring (bicyclic) bond motifs is 1. The van der Waals surface area contributed by atoms with E-state index in [9.17, 15) is 0 Å². The third kappa shape index (κ3) is 3.11. The summed E-state index contributed by atoms with van der Waals surface area (Å²) < 4.78 is 16.2. The number of hydrogen-bond donors (Lipinski definition) is 1. The Morgan fingerprint density at radius 1 is 1.14 bits per heavy atom. The minimum Gasteiger partial charge on any atom is -0.486 e. The van der Waals surface area contributed by atoms with Crippen LogP contribution in [0.15, 0.2) is 22.7 Å². The summed E-state index contributed by atoms with van der Waals surface area (Å²) in [5.74, 6) is 2.30. The quantitative estimate of drug-likeness (QED) is 0.867. The second-order valence-electron chi connectivity index (χ2n) is 5.30. The number of ether oxygens (including phenoxy) is 2. The summed E-state index contributed by atoms with van der Waals surface area (Å²) in [6.45, 7) is 4.43. The molecule has 0 radical (unpaired) electrons. The van der Waals surface area contributed by atoms with Crippen LogP contribution in [0.4, 0.5) is 5.69 Å². The molecule has 0 atom stereocenters. The number of benzene rings is 1. The predicted octanol–water partition coefficient (Wildman–Crippen LogP) is 1.97. The van der Waals surface area contributed by atoms with Gasteiger partial charge in [0.05, 0.1) is 5.69 Å². The fourth-order valence-corrected chi connectivity index (χ4v) is 2.40. The van der Waals surface area contributed by atoms with Gasteiger partial charge in [-0.3, -0.25) is 4.90 Å². The summed E-state index contributed by atoms with van der Waals surface area (Å²) in [6, 6.07) is 5.72. The van der Waals surface area contributed by atoms with Crippen molar-refractivity contribution < 1.29 is 14.0 Å². The zero-order valence-corrected chi connectivity index (χ0v) is 12.3. The molecule has 0 aliphatic carbocycles. The molecule has 112 valence electrons. The van der Waals surface area contributed by atoms with Gasteiger partial charge in [0.15, 0.2) is 11.5 Å². The van der Waals surface area contributed by atoms with Crippen LogP contribution in [0.25, 0.3) is 0 Å². The first-order valence-electron chi connectivity index (χ1n) is 6.90. The minimum absolute atomic E-state index is 0.567. The number of nitrogen functional groups attached to an aromatic ring is 1. The Labute approximate surface area is 123 Å². The molecule has 3 rings (SSSR count). The first kappa shape index (κ1) is 13.8. The largest absolute Gasteiger partial charge is 0.486 e. The molecule has 0 fully saturated rings. The number of rotatable bonds is 4. The molecule has 21 heavy (non-hydrogen) atoms.